The van der Waals surface area contributed by atoms with Gasteiger partial charge in [0.2, 0.25) is 0 Å². The van der Waals surface area contributed by atoms with Crippen molar-refractivity contribution in [3.8, 4) is 0 Å². The summed E-state index contributed by atoms with van der Waals surface area (Å²) in [5.41, 5.74) is 2.19. The average molecular weight is 282 g/mol. The van der Waals surface area contributed by atoms with Gasteiger partial charge in [0, 0.05) is 12.1 Å². The molecule has 21 heavy (non-hydrogen) atoms. The Morgan fingerprint density at radius 1 is 1.00 bits per heavy atom. The highest BCUT2D eigenvalue weighted by atomic mass is 19.1. The molecular formula is C16H11FN2O2. The van der Waals surface area contributed by atoms with Crippen LogP contribution >= 0.6 is 0 Å². The third kappa shape index (κ3) is 1.60. The number of nitrogens with zero attached hydrogens (tertiary/aromatic N) is 2. The second kappa shape index (κ2) is 4.15. The summed E-state index contributed by atoms with van der Waals surface area (Å²) in [6.07, 6.45) is 0.526. The van der Waals surface area contributed by atoms with E-state index in [1.54, 1.807) is 0 Å². The third-order valence-electron chi connectivity index (χ3n) is 3.96. The summed E-state index contributed by atoms with van der Waals surface area (Å²) < 4.78 is 13.0. The van der Waals surface area contributed by atoms with E-state index >= 15 is 0 Å². The summed E-state index contributed by atoms with van der Waals surface area (Å²) in [5.74, 6) is -0.661. The van der Waals surface area contributed by atoms with Gasteiger partial charge in [-0.3, -0.25) is 9.69 Å². The van der Waals surface area contributed by atoms with Crippen LogP contribution in [0, 0.1) is 5.82 Å². The molecule has 0 N–H and O–H groups in total. The maximum absolute atomic E-state index is 13.0. The Morgan fingerprint density at radius 2 is 1.71 bits per heavy atom. The molecule has 4 nitrogen and oxygen atoms in total. The van der Waals surface area contributed by atoms with Crippen LogP contribution in [0.1, 0.15) is 5.56 Å². The van der Waals surface area contributed by atoms with Crippen molar-refractivity contribution in [2.75, 3.05) is 9.80 Å². The van der Waals surface area contributed by atoms with E-state index < -0.39 is 11.9 Å². The molecular weight excluding hydrogens is 271 g/mol. The zero-order chi connectivity index (χ0) is 14.6. The van der Waals surface area contributed by atoms with Gasteiger partial charge in [0.1, 0.15) is 11.9 Å². The maximum Gasteiger partial charge on any atom is 0.336 e. The molecule has 0 aromatic heterocycles. The SMILES string of the molecule is O=C1C2Cc3ccccc3N2C(=O)N1c1ccc(F)cc1. The predicted octanol–water partition coefficient (Wildman–Crippen LogP) is 2.72. The van der Waals surface area contributed by atoms with Gasteiger partial charge in [0.05, 0.1) is 5.69 Å². The topological polar surface area (TPSA) is 40.6 Å². The zero-order valence-corrected chi connectivity index (χ0v) is 11.0. The van der Waals surface area contributed by atoms with Crippen LogP contribution in [0.4, 0.5) is 20.6 Å². The summed E-state index contributed by atoms with van der Waals surface area (Å²) in [4.78, 5) is 27.8. The fraction of sp³-hybridized carbons (Fsp3) is 0.125. The number of carbonyl (C=O) groups is 2. The highest BCUT2D eigenvalue weighted by Gasteiger charge is 2.50. The lowest BCUT2D eigenvalue weighted by Crippen LogP contribution is -2.32. The summed E-state index contributed by atoms with van der Waals surface area (Å²) in [7, 11) is 0. The Bertz CT molecular complexity index is 757. The minimum absolute atomic E-state index is 0.261. The largest absolute Gasteiger partial charge is 0.336 e. The first kappa shape index (κ1) is 12.1. The number of rotatable bonds is 1. The Balaban J connectivity index is 1.77. The highest BCUT2D eigenvalue weighted by molar-refractivity contribution is 6.29. The maximum atomic E-state index is 13.0. The summed E-state index contributed by atoms with van der Waals surface area (Å²) >= 11 is 0. The number of hydrogen-bond acceptors (Lipinski definition) is 2. The number of hydrogen-bond donors (Lipinski definition) is 0. The molecule has 3 amide bonds. The van der Waals surface area contributed by atoms with Gasteiger partial charge < -0.3 is 0 Å². The van der Waals surface area contributed by atoms with Crippen molar-refractivity contribution in [2.45, 2.75) is 12.5 Å². The van der Waals surface area contributed by atoms with Crippen molar-refractivity contribution in [2.24, 2.45) is 0 Å². The molecule has 1 unspecified atom stereocenters. The van der Waals surface area contributed by atoms with Crippen LogP contribution in [-0.4, -0.2) is 18.0 Å². The van der Waals surface area contributed by atoms with Gasteiger partial charge in [-0.15, -0.1) is 0 Å². The molecule has 0 spiro atoms. The first-order valence-electron chi connectivity index (χ1n) is 6.67. The molecule has 1 atom stereocenters. The van der Waals surface area contributed by atoms with E-state index in [4.69, 9.17) is 0 Å². The molecule has 0 bridgehead atoms. The van der Waals surface area contributed by atoms with Crippen molar-refractivity contribution in [3.05, 3.63) is 59.9 Å². The Kier molecular flexibility index (Phi) is 2.39. The number of halogens is 1. The number of amides is 3. The lowest BCUT2D eigenvalue weighted by molar-refractivity contribution is -0.117. The molecule has 0 aliphatic carbocycles. The molecule has 2 aromatic carbocycles. The Labute approximate surface area is 120 Å². The smallest absolute Gasteiger partial charge is 0.281 e. The van der Waals surface area contributed by atoms with Gasteiger partial charge in [-0.2, -0.15) is 0 Å². The number of fused-ring (bicyclic) bond motifs is 3. The molecule has 5 heteroatoms. The second-order valence-electron chi connectivity index (χ2n) is 5.15. The molecule has 1 fully saturated rings. The van der Waals surface area contributed by atoms with Gasteiger partial charge in [0.15, 0.2) is 0 Å². The molecule has 2 aliphatic heterocycles. The molecule has 0 saturated carbocycles. The van der Waals surface area contributed by atoms with Crippen LogP contribution < -0.4 is 9.80 Å². The standard InChI is InChI=1S/C16H11FN2O2/c17-11-5-7-12(8-6-11)18-15(20)14-9-10-3-1-2-4-13(10)19(14)16(18)21/h1-8,14H,9H2. The number of carbonyl (C=O) groups excluding carboxylic acids is 2. The minimum atomic E-state index is -0.486. The van der Waals surface area contributed by atoms with Gasteiger partial charge in [-0.1, -0.05) is 18.2 Å². The van der Waals surface area contributed by atoms with Crippen molar-refractivity contribution in [1.82, 2.24) is 0 Å². The normalized spacial score (nSPS) is 20.0. The van der Waals surface area contributed by atoms with E-state index in [0.29, 0.717) is 12.1 Å². The fourth-order valence-corrected chi connectivity index (χ4v) is 3.00. The molecule has 2 aliphatic rings. The number of urea groups is 1. The number of benzene rings is 2. The van der Waals surface area contributed by atoms with Gasteiger partial charge in [-0.25, -0.2) is 14.1 Å². The lowest BCUT2D eigenvalue weighted by Gasteiger charge is -2.16. The van der Waals surface area contributed by atoms with E-state index in [1.165, 1.54) is 29.2 Å². The first-order chi connectivity index (χ1) is 10.2. The number of anilines is 2. The van der Waals surface area contributed by atoms with E-state index in [0.717, 1.165) is 16.2 Å². The van der Waals surface area contributed by atoms with Crippen LogP contribution in [0.15, 0.2) is 48.5 Å². The molecule has 0 radical (unpaired) electrons. The van der Waals surface area contributed by atoms with E-state index in [2.05, 4.69) is 0 Å². The predicted molar refractivity (Wildman–Crippen MR) is 75.7 cm³/mol. The van der Waals surface area contributed by atoms with Crippen molar-refractivity contribution in [3.63, 3.8) is 0 Å². The van der Waals surface area contributed by atoms with E-state index in [-0.39, 0.29) is 11.9 Å². The first-order valence-corrected chi connectivity index (χ1v) is 6.67. The molecule has 104 valence electrons. The molecule has 2 heterocycles. The van der Waals surface area contributed by atoms with E-state index in [9.17, 15) is 14.0 Å². The Morgan fingerprint density at radius 3 is 2.48 bits per heavy atom. The van der Waals surface area contributed by atoms with Crippen LogP contribution in [0.25, 0.3) is 0 Å². The summed E-state index contributed by atoms with van der Waals surface area (Å²) in [5, 5.41) is 0. The van der Waals surface area contributed by atoms with Crippen molar-refractivity contribution < 1.29 is 14.0 Å². The lowest BCUT2D eigenvalue weighted by atomic mass is 10.1. The second-order valence-corrected chi connectivity index (χ2v) is 5.15. The summed E-state index contributed by atoms with van der Waals surface area (Å²) in [6.45, 7) is 0. The zero-order valence-electron chi connectivity index (χ0n) is 11.0. The van der Waals surface area contributed by atoms with Gasteiger partial charge in [-0.05, 0) is 35.9 Å². The minimum Gasteiger partial charge on any atom is -0.281 e. The summed E-state index contributed by atoms with van der Waals surface area (Å²) in [6, 6.07) is 12.0. The molecule has 1 saturated heterocycles. The quantitative estimate of drug-likeness (QED) is 0.755. The monoisotopic (exact) mass is 282 g/mol. The molecule has 2 aromatic rings. The molecule has 4 rings (SSSR count). The van der Waals surface area contributed by atoms with Gasteiger partial charge >= 0.3 is 6.03 Å². The number of imide groups is 1. The number of para-hydroxylation sites is 1. The van der Waals surface area contributed by atoms with Crippen molar-refractivity contribution >= 4 is 23.3 Å². The van der Waals surface area contributed by atoms with E-state index in [1.807, 2.05) is 24.3 Å². The van der Waals surface area contributed by atoms with Crippen LogP contribution in [0.5, 0.6) is 0 Å². The highest BCUT2D eigenvalue weighted by Crippen LogP contribution is 2.38. The third-order valence-corrected chi connectivity index (χ3v) is 3.96. The Hall–Kier alpha value is -2.69. The van der Waals surface area contributed by atoms with Crippen LogP contribution in [0.2, 0.25) is 0 Å². The fourth-order valence-electron chi connectivity index (χ4n) is 3.00. The average Bonchev–Trinajstić information content (AvgIpc) is 2.98. The van der Waals surface area contributed by atoms with Crippen LogP contribution in [-0.2, 0) is 11.2 Å². The van der Waals surface area contributed by atoms with Crippen molar-refractivity contribution in [1.29, 1.82) is 0 Å². The van der Waals surface area contributed by atoms with Crippen LogP contribution in [0.3, 0.4) is 0 Å². The van der Waals surface area contributed by atoms with Gasteiger partial charge in [0.25, 0.3) is 5.91 Å².